The number of hydrogen-bond acceptors (Lipinski definition) is 7. The number of thioether (sulfide) groups is 1. The van der Waals surface area contributed by atoms with E-state index in [0.29, 0.717) is 24.2 Å². The molecule has 0 atom stereocenters. The minimum absolute atomic E-state index is 0.0216. The lowest BCUT2D eigenvalue weighted by molar-refractivity contribution is -0.118. The lowest BCUT2D eigenvalue weighted by atomic mass is 10.1. The standard InChI is InChI=1S/C18H23F2N5O3S/c1-27-15-10-12(6-7-14(15)28-17(19)20)8-9-21-16(26)11-29-18-22-23-24-25(18)13-4-2-3-5-13/h6-7,10,13,17H,2-5,8-9,11H2,1H3,(H,21,26). The zero-order valence-electron chi connectivity index (χ0n) is 16.0. The summed E-state index contributed by atoms with van der Waals surface area (Å²) in [5.74, 6) is 0.299. The Morgan fingerprint density at radius 3 is 2.86 bits per heavy atom. The number of nitrogens with one attached hydrogen (secondary N) is 1. The highest BCUT2D eigenvalue weighted by molar-refractivity contribution is 7.99. The van der Waals surface area contributed by atoms with Crippen LogP contribution in [0.3, 0.4) is 0 Å². The Morgan fingerprint density at radius 1 is 1.34 bits per heavy atom. The number of hydrogen-bond donors (Lipinski definition) is 1. The molecule has 3 rings (SSSR count). The highest BCUT2D eigenvalue weighted by atomic mass is 32.2. The summed E-state index contributed by atoms with van der Waals surface area (Å²) in [5, 5.41) is 15.3. The number of alkyl halides is 2. The van der Waals surface area contributed by atoms with E-state index in [0.717, 1.165) is 18.4 Å². The van der Waals surface area contributed by atoms with Crippen molar-refractivity contribution in [2.24, 2.45) is 0 Å². The number of halogens is 2. The van der Waals surface area contributed by atoms with Crippen molar-refractivity contribution in [3.8, 4) is 11.5 Å². The van der Waals surface area contributed by atoms with Gasteiger partial charge in [0.1, 0.15) is 0 Å². The highest BCUT2D eigenvalue weighted by Gasteiger charge is 2.22. The molecule has 158 valence electrons. The van der Waals surface area contributed by atoms with Gasteiger partial charge in [-0.1, -0.05) is 30.7 Å². The van der Waals surface area contributed by atoms with Crippen LogP contribution < -0.4 is 14.8 Å². The third-order valence-electron chi connectivity index (χ3n) is 4.65. The Morgan fingerprint density at radius 2 is 2.14 bits per heavy atom. The van der Waals surface area contributed by atoms with E-state index in [2.05, 4.69) is 25.6 Å². The minimum Gasteiger partial charge on any atom is -0.493 e. The largest absolute Gasteiger partial charge is 0.493 e. The average molecular weight is 427 g/mol. The summed E-state index contributed by atoms with van der Waals surface area (Å²) < 4.78 is 36.0. The predicted molar refractivity (Wildman–Crippen MR) is 102 cm³/mol. The Labute approximate surface area is 171 Å². The van der Waals surface area contributed by atoms with Gasteiger partial charge in [-0.2, -0.15) is 8.78 Å². The maximum absolute atomic E-state index is 12.4. The summed E-state index contributed by atoms with van der Waals surface area (Å²) in [7, 11) is 1.38. The van der Waals surface area contributed by atoms with Crippen LogP contribution in [0.15, 0.2) is 23.4 Å². The maximum atomic E-state index is 12.4. The first kappa shape index (κ1) is 21.3. The lowest BCUT2D eigenvalue weighted by Gasteiger charge is -2.12. The number of methoxy groups -OCH3 is 1. The zero-order valence-corrected chi connectivity index (χ0v) is 16.8. The third-order valence-corrected chi connectivity index (χ3v) is 5.58. The summed E-state index contributed by atoms with van der Waals surface area (Å²) in [6.45, 7) is -2.51. The summed E-state index contributed by atoms with van der Waals surface area (Å²) in [5.41, 5.74) is 0.835. The molecule has 0 radical (unpaired) electrons. The molecule has 2 aromatic rings. The molecule has 1 amide bonds. The Bertz CT molecular complexity index is 815. The Balaban J connectivity index is 1.44. The summed E-state index contributed by atoms with van der Waals surface area (Å²) in [4.78, 5) is 12.1. The van der Waals surface area contributed by atoms with Gasteiger partial charge in [-0.25, -0.2) is 4.68 Å². The molecule has 1 aliphatic carbocycles. The van der Waals surface area contributed by atoms with Crippen LogP contribution in [0.1, 0.15) is 37.3 Å². The van der Waals surface area contributed by atoms with E-state index in [1.54, 1.807) is 12.1 Å². The molecule has 0 unspecified atom stereocenters. The fourth-order valence-corrected chi connectivity index (χ4v) is 4.02. The molecule has 0 aliphatic heterocycles. The Hall–Kier alpha value is -2.43. The number of rotatable bonds is 10. The van der Waals surface area contributed by atoms with Crippen molar-refractivity contribution in [2.45, 2.75) is 49.9 Å². The van der Waals surface area contributed by atoms with E-state index in [9.17, 15) is 13.6 Å². The van der Waals surface area contributed by atoms with Gasteiger partial charge in [0.2, 0.25) is 11.1 Å². The van der Waals surface area contributed by atoms with Crippen molar-refractivity contribution in [2.75, 3.05) is 19.4 Å². The van der Waals surface area contributed by atoms with Crippen LogP contribution in [0.25, 0.3) is 0 Å². The quantitative estimate of drug-likeness (QED) is 0.583. The molecular weight excluding hydrogens is 404 g/mol. The van der Waals surface area contributed by atoms with Crippen LogP contribution in [0, 0.1) is 0 Å². The van der Waals surface area contributed by atoms with Gasteiger partial charge in [0.15, 0.2) is 11.5 Å². The molecule has 1 aliphatic rings. The number of carbonyl (C=O) groups excluding carboxylic acids is 1. The normalized spacial score (nSPS) is 14.3. The van der Waals surface area contributed by atoms with Gasteiger partial charge in [-0.3, -0.25) is 4.79 Å². The molecule has 1 heterocycles. The zero-order chi connectivity index (χ0) is 20.6. The molecule has 0 spiro atoms. The maximum Gasteiger partial charge on any atom is 0.387 e. The van der Waals surface area contributed by atoms with Gasteiger partial charge in [0, 0.05) is 6.54 Å². The number of nitrogens with zero attached hydrogens (tertiary/aromatic N) is 4. The van der Waals surface area contributed by atoms with Crippen LogP contribution in [-0.4, -0.2) is 52.1 Å². The van der Waals surface area contributed by atoms with Gasteiger partial charge in [0.05, 0.1) is 18.9 Å². The van der Waals surface area contributed by atoms with E-state index >= 15 is 0 Å². The summed E-state index contributed by atoms with van der Waals surface area (Å²) in [6, 6.07) is 5.04. The van der Waals surface area contributed by atoms with Crippen molar-refractivity contribution in [3.05, 3.63) is 23.8 Å². The number of ether oxygens (including phenoxy) is 2. The van der Waals surface area contributed by atoms with Crippen LogP contribution in [0.5, 0.6) is 11.5 Å². The van der Waals surface area contributed by atoms with E-state index in [4.69, 9.17) is 4.74 Å². The molecule has 8 nitrogen and oxygen atoms in total. The van der Waals surface area contributed by atoms with Gasteiger partial charge < -0.3 is 14.8 Å². The van der Waals surface area contributed by atoms with Crippen molar-refractivity contribution in [1.29, 1.82) is 0 Å². The van der Waals surface area contributed by atoms with Crippen LogP contribution >= 0.6 is 11.8 Å². The number of aromatic nitrogens is 4. The molecule has 1 saturated carbocycles. The second-order valence-corrected chi connectivity index (χ2v) is 7.54. The van der Waals surface area contributed by atoms with E-state index in [-0.39, 0.29) is 23.2 Å². The van der Waals surface area contributed by atoms with Gasteiger partial charge in [-0.05, 0) is 47.4 Å². The first-order chi connectivity index (χ1) is 14.1. The smallest absolute Gasteiger partial charge is 0.387 e. The number of benzene rings is 1. The second kappa shape index (κ2) is 10.4. The van der Waals surface area contributed by atoms with Gasteiger partial charge >= 0.3 is 6.61 Å². The second-order valence-electron chi connectivity index (χ2n) is 6.60. The van der Waals surface area contributed by atoms with Crippen molar-refractivity contribution >= 4 is 17.7 Å². The molecule has 1 N–H and O–H groups in total. The van der Waals surface area contributed by atoms with E-state index < -0.39 is 6.61 Å². The number of carbonyl (C=O) groups is 1. The van der Waals surface area contributed by atoms with Crippen molar-refractivity contribution in [1.82, 2.24) is 25.5 Å². The van der Waals surface area contributed by atoms with Crippen LogP contribution in [0.4, 0.5) is 8.78 Å². The predicted octanol–water partition coefficient (Wildman–Crippen LogP) is 2.85. The monoisotopic (exact) mass is 427 g/mol. The van der Waals surface area contributed by atoms with Gasteiger partial charge in [0.25, 0.3) is 0 Å². The van der Waals surface area contributed by atoms with Crippen molar-refractivity contribution < 1.29 is 23.0 Å². The molecule has 0 bridgehead atoms. The van der Waals surface area contributed by atoms with Gasteiger partial charge in [-0.15, -0.1) is 5.10 Å². The molecule has 1 aromatic carbocycles. The molecule has 0 saturated heterocycles. The van der Waals surface area contributed by atoms with E-state index in [1.807, 2.05) is 4.68 Å². The Kier molecular flexibility index (Phi) is 7.62. The molecule has 1 aromatic heterocycles. The van der Waals surface area contributed by atoms with E-state index in [1.165, 1.54) is 37.8 Å². The lowest BCUT2D eigenvalue weighted by Crippen LogP contribution is -2.27. The van der Waals surface area contributed by atoms with Crippen LogP contribution in [-0.2, 0) is 11.2 Å². The topological polar surface area (TPSA) is 91.2 Å². The third kappa shape index (κ3) is 6.02. The number of amides is 1. The summed E-state index contributed by atoms with van der Waals surface area (Å²) in [6.07, 6.45) is 5.01. The minimum atomic E-state index is -2.92. The number of tetrazole rings is 1. The highest BCUT2D eigenvalue weighted by Crippen LogP contribution is 2.31. The first-order valence-electron chi connectivity index (χ1n) is 9.36. The molecule has 1 fully saturated rings. The summed E-state index contributed by atoms with van der Waals surface area (Å²) >= 11 is 1.32. The SMILES string of the molecule is COc1cc(CCNC(=O)CSc2nnnn2C2CCCC2)ccc1OC(F)F. The van der Waals surface area contributed by atoms with Crippen molar-refractivity contribution in [3.63, 3.8) is 0 Å². The first-order valence-corrected chi connectivity index (χ1v) is 10.3. The molecule has 29 heavy (non-hydrogen) atoms. The fraction of sp³-hybridized carbons (Fsp3) is 0.556. The fourth-order valence-electron chi connectivity index (χ4n) is 3.25. The molecular formula is C18H23F2N5O3S. The van der Waals surface area contributed by atoms with Crippen LogP contribution in [0.2, 0.25) is 0 Å². The molecule has 11 heteroatoms. The average Bonchev–Trinajstić information content (AvgIpc) is 3.38.